The van der Waals surface area contributed by atoms with Crippen molar-refractivity contribution in [1.82, 2.24) is 0 Å². The van der Waals surface area contributed by atoms with Crippen LogP contribution in [-0.4, -0.2) is 34.3 Å². The van der Waals surface area contributed by atoms with Gasteiger partial charge in [0.15, 0.2) is 0 Å². The zero-order valence-corrected chi connectivity index (χ0v) is 9.48. The Bertz CT molecular complexity index is 525. The van der Waals surface area contributed by atoms with E-state index in [-0.39, 0.29) is 12.3 Å². The van der Waals surface area contributed by atoms with Crippen LogP contribution < -0.4 is 0 Å². The molecule has 0 radical (unpaired) electrons. The zero-order chi connectivity index (χ0) is 14.6. The summed E-state index contributed by atoms with van der Waals surface area (Å²) in [6, 6.07) is 7.21. The lowest BCUT2D eigenvalue weighted by Crippen LogP contribution is -2.23. The molecule has 2 rings (SSSR count). The van der Waals surface area contributed by atoms with Crippen LogP contribution in [0.1, 0.15) is 5.56 Å². The fourth-order valence-electron chi connectivity index (χ4n) is 1.42. The Morgan fingerprint density at radius 3 is 2.32 bits per heavy atom. The lowest BCUT2D eigenvalue weighted by Gasteiger charge is -2.05. The van der Waals surface area contributed by atoms with E-state index in [2.05, 4.69) is 0 Å². The van der Waals surface area contributed by atoms with Crippen LogP contribution in [0.25, 0.3) is 0 Å². The van der Waals surface area contributed by atoms with E-state index in [0.29, 0.717) is 12.1 Å². The maximum atomic E-state index is 11.2. The summed E-state index contributed by atoms with van der Waals surface area (Å²) in [5.74, 6) is -2.77. The number of aliphatic carboxylic acids is 1. The SMILES string of the molecule is O=C(O)C(F)(F)F.O=C1Cc2ccccc2[N+](=O)C1. The number of nitrogens with zero attached hydrogens (tertiary/aromatic N) is 1. The average Bonchev–Trinajstić information content (AvgIpc) is 2.28. The molecule has 0 saturated heterocycles. The van der Waals surface area contributed by atoms with Crippen molar-refractivity contribution < 1.29 is 32.6 Å². The van der Waals surface area contributed by atoms with E-state index in [0.717, 1.165) is 10.3 Å². The molecule has 0 aromatic heterocycles. The van der Waals surface area contributed by atoms with Crippen molar-refractivity contribution in [2.75, 3.05) is 6.54 Å². The Balaban J connectivity index is 0.000000224. The average molecular weight is 276 g/mol. The zero-order valence-electron chi connectivity index (χ0n) is 9.48. The number of rotatable bonds is 0. The van der Waals surface area contributed by atoms with E-state index in [1.165, 1.54) is 0 Å². The second-order valence-corrected chi connectivity index (χ2v) is 3.68. The standard InChI is InChI=1S/C9H8NO2.C2HF3O2/c11-8-5-7-3-1-2-4-9(7)10(12)6-8;3-2(4,5)1(6)7/h1-4H,5-6H2;(H,6,7)/q+1;. The normalized spacial score (nSPS) is 14.3. The van der Waals surface area contributed by atoms with Gasteiger partial charge in [0, 0.05) is 27.7 Å². The van der Waals surface area contributed by atoms with E-state index in [1.807, 2.05) is 12.1 Å². The molecule has 0 spiro atoms. The third kappa shape index (κ3) is 4.16. The van der Waals surface area contributed by atoms with Crippen LogP contribution in [0.15, 0.2) is 24.3 Å². The number of hydrogen-bond acceptors (Lipinski definition) is 3. The molecule has 0 bridgehead atoms. The first-order valence-electron chi connectivity index (χ1n) is 5.06. The van der Waals surface area contributed by atoms with Crippen molar-refractivity contribution in [3.63, 3.8) is 0 Å². The molecule has 1 aliphatic rings. The highest BCUT2D eigenvalue weighted by Gasteiger charge is 2.38. The van der Waals surface area contributed by atoms with Crippen LogP contribution in [0, 0.1) is 4.91 Å². The highest BCUT2D eigenvalue weighted by molar-refractivity contribution is 5.84. The van der Waals surface area contributed by atoms with Crippen LogP contribution >= 0.6 is 0 Å². The van der Waals surface area contributed by atoms with Gasteiger partial charge in [-0.05, 0) is 0 Å². The maximum absolute atomic E-state index is 11.2. The molecular formula is C11H9F3NO4+. The first kappa shape index (κ1) is 14.8. The number of alkyl halides is 3. The number of carboxylic acids is 1. The molecule has 0 saturated carbocycles. The second-order valence-electron chi connectivity index (χ2n) is 3.68. The van der Waals surface area contributed by atoms with Gasteiger partial charge in [-0.15, -0.1) is 0 Å². The number of nitroso groups, excluding NO2 is 1. The largest absolute Gasteiger partial charge is 0.490 e. The molecule has 5 nitrogen and oxygen atoms in total. The fraction of sp³-hybridized carbons (Fsp3) is 0.273. The Morgan fingerprint density at radius 1 is 1.26 bits per heavy atom. The maximum Gasteiger partial charge on any atom is 0.490 e. The minimum Gasteiger partial charge on any atom is -0.475 e. The Kier molecular flexibility index (Phi) is 4.36. The van der Waals surface area contributed by atoms with Gasteiger partial charge < -0.3 is 5.11 Å². The molecule has 102 valence electrons. The first-order chi connectivity index (χ1) is 8.71. The van der Waals surface area contributed by atoms with Crippen LogP contribution in [0.2, 0.25) is 0 Å². The number of ketones is 1. The van der Waals surface area contributed by atoms with Gasteiger partial charge in [0.2, 0.25) is 5.78 Å². The van der Waals surface area contributed by atoms with Gasteiger partial charge in [0.05, 0.1) is 0 Å². The van der Waals surface area contributed by atoms with Crippen molar-refractivity contribution in [2.24, 2.45) is 0 Å². The molecule has 0 aliphatic carbocycles. The molecule has 19 heavy (non-hydrogen) atoms. The number of carbonyl (C=O) groups is 2. The van der Waals surface area contributed by atoms with Gasteiger partial charge in [-0.3, -0.25) is 4.79 Å². The summed E-state index contributed by atoms with van der Waals surface area (Å²) >= 11 is 0. The van der Waals surface area contributed by atoms with Crippen LogP contribution in [0.3, 0.4) is 0 Å². The summed E-state index contributed by atoms with van der Waals surface area (Å²) in [6.07, 6.45) is -4.69. The molecule has 0 atom stereocenters. The first-order valence-corrected chi connectivity index (χ1v) is 5.06. The molecule has 0 unspecified atom stereocenters. The predicted octanol–water partition coefficient (Wildman–Crippen LogP) is 1.86. The van der Waals surface area contributed by atoms with E-state index in [1.54, 1.807) is 12.1 Å². The minimum absolute atomic E-state index is 0.00296. The van der Waals surface area contributed by atoms with Gasteiger partial charge in [0.25, 0.3) is 12.2 Å². The highest BCUT2D eigenvalue weighted by atomic mass is 19.4. The molecule has 1 N–H and O–H groups in total. The number of para-hydroxylation sites is 1. The van der Waals surface area contributed by atoms with Gasteiger partial charge in [-0.25, -0.2) is 4.79 Å². The summed E-state index contributed by atoms with van der Waals surface area (Å²) in [5, 5.41) is 7.12. The molecule has 1 aromatic rings. The van der Waals surface area contributed by atoms with Crippen molar-refractivity contribution >= 4 is 17.4 Å². The third-order valence-electron chi connectivity index (χ3n) is 2.21. The number of carboxylic acid groups (broad SMARTS) is 1. The van der Waals surface area contributed by atoms with Crippen LogP contribution in [0.5, 0.6) is 0 Å². The molecule has 1 aromatic carbocycles. The number of benzene rings is 1. The van der Waals surface area contributed by atoms with Crippen LogP contribution in [-0.2, 0) is 16.0 Å². The van der Waals surface area contributed by atoms with Crippen molar-refractivity contribution in [3.8, 4) is 0 Å². The van der Waals surface area contributed by atoms with Crippen molar-refractivity contribution in [2.45, 2.75) is 12.6 Å². The minimum atomic E-state index is -5.08. The molecule has 1 aliphatic heterocycles. The van der Waals surface area contributed by atoms with E-state index < -0.39 is 12.1 Å². The Hall–Kier alpha value is -2.25. The number of Topliss-reactive ketones (excluding diaryl/α,β-unsaturated/α-hetero) is 1. The molecule has 1 heterocycles. The summed E-state index contributed by atoms with van der Waals surface area (Å²) in [6.45, 7) is -0.00296. The number of fused-ring (bicyclic) bond motifs is 1. The molecule has 0 amide bonds. The Labute approximate surface area is 105 Å². The van der Waals surface area contributed by atoms with Gasteiger partial charge >= 0.3 is 12.1 Å². The predicted molar refractivity (Wildman–Crippen MR) is 57.0 cm³/mol. The molecule has 0 fully saturated rings. The number of carbonyl (C=O) groups excluding carboxylic acids is 1. The van der Waals surface area contributed by atoms with Crippen molar-refractivity contribution in [3.05, 3.63) is 34.7 Å². The number of halogens is 3. The van der Waals surface area contributed by atoms with Gasteiger partial charge in [-0.2, -0.15) is 13.2 Å². The second kappa shape index (κ2) is 5.59. The topological polar surface area (TPSA) is 74.4 Å². The Morgan fingerprint density at radius 2 is 1.79 bits per heavy atom. The summed E-state index contributed by atoms with van der Waals surface area (Å²) in [5.41, 5.74) is 1.47. The summed E-state index contributed by atoms with van der Waals surface area (Å²) in [7, 11) is 0. The third-order valence-corrected chi connectivity index (χ3v) is 2.21. The summed E-state index contributed by atoms with van der Waals surface area (Å²) < 4.78 is 32.5. The van der Waals surface area contributed by atoms with E-state index in [4.69, 9.17) is 9.90 Å². The van der Waals surface area contributed by atoms with Gasteiger partial charge in [0.1, 0.15) is 0 Å². The smallest absolute Gasteiger partial charge is 0.475 e. The fourth-order valence-corrected chi connectivity index (χ4v) is 1.42. The van der Waals surface area contributed by atoms with Crippen LogP contribution in [0.4, 0.5) is 18.9 Å². The highest BCUT2D eigenvalue weighted by Crippen LogP contribution is 2.22. The lowest BCUT2D eigenvalue weighted by molar-refractivity contribution is -0.453. The molecule has 8 heteroatoms. The lowest BCUT2D eigenvalue weighted by atomic mass is 10.0. The summed E-state index contributed by atoms with van der Waals surface area (Å²) in [4.78, 5) is 31.1. The van der Waals surface area contributed by atoms with E-state index >= 15 is 0 Å². The van der Waals surface area contributed by atoms with E-state index in [9.17, 15) is 22.9 Å². The monoisotopic (exact) mass is 276 g/mol. The molecular weight excluding hydrogens is 267 g/mol. The number of hydrogen-bond donors (Lipinski definition) is 1. The van der Waals surface area contributed by atoms with Gasteiger partial charge in [-0.1, -0.05) is 18.2 Å². The van der Waals surface area contributed by atoms with Crippen molar-refractivity contribution in [1.29, 1.82) is 0 Å². The quantitative estimate of drug-likeness (QED) is 0.734.